The number of fused-ring (bicyclic) bond motifs is 1. The molecule has 2 heterocycles. The van der Waals surface area contributed by atoms with Crippen LogP contribution in [0.2, 0.25) is 0 Å². The molecule has 1 N–H and O–H groups in total. The summed E-state index contributed by atoms with van der Waals surface area (Å²) in [4.78, 5) is 23.8. The largest absolute Gasteiger partial charge is 0.325 e. The molecule has 0 atom stereocenters. The highest BCUT2D eigenvalue weighted by atomic mass is 32.1. The first-order valence-corrected chi connectivity index (χ1v) is 6.23. The summed E-state index contributed by atoms with van der Waals surface area (Å²) in [6.45, 7) is 0. The first-order valence-electron chi connectivity index (χ1n) is 5.35. The minimum atomic E-state index is -0.509. The number of carbonyl (C=O) groups excluding carboxylic acids is 2. The van der Waals surface area contributed by atoms with E-state index in [0.717, 1.165) is 0 Å². The topological polar surface area (TPSA) is 46.2 Å². The number of anilines is 1. The highest BCUT2D eigenvalue weighted by molar-refractivity contribution is 7.12. The van der Waals surface area contributed by atoms with Crippen LogP contribution in [0.3, 0.4) is 0 Å². The van der Waals surface area contributed by atoms with Crippen molar-refractivity contribution in [3.63, 3.8) is 0 Å². The van der Waals surface area contributed by atoms with Gasteiger partial charge in [-0.05, 0) is 23.6 Å². The van der Waals surface area contributed by atoms with Crippen LogP contribution in [0, 0.1) is 5.82 Å². The maximum Gasteiger partial charge on any atom is 0.228 e. The fraction of sp³-hybridized carbons (Fsp3) is 0.0769. The Morgan fingerprint density at radius 2 is 2.22 bits per heavy atom. The SMILES string of the molecule is O=C1Cc2c(F)cc(C(=O)c3cccs3)cc2N1. The zero-order valence-electron chi connectivity index (χ0n) is 9.20. The lowest BCUT2D eigenvalue weighted by Crippen LogP contribution is -2.04. The van der Waals surface area contributed by atoms with Crippen LogP contribution in [0.4, 0.5) is 10.1 Å². The second kappa shape index (κ2) is 4.03. The maximum absolute atomic E-state index is 13.8. The molecule has 1 aliphatic heterocycles. The summed E-state index contributed by atoms with van der Waals surface area (Å²) >= 11 is 1.31. The molecule has 0 bridgehead atoms. The molecule has 5 heteroatoms. The number of hydrogen-bond donors (Lipinski definition) is 1. The Kier molecular flexibility index (Phi) is 2.48. The van der Waals surface area contributed by atoms with Gasteiger partial charge in [0.05, 0.1) is 11.3 Å². The molecule has 0 saturated carbocycles. The van der Waals surface area contributed by atoms with Crippen molar-refractivity contribution >= 4 is 28.7 Å². The van der Waals surface area contributed by atoms with Gasteiger partial charge in [0.25, 0.3) is 0 Å². The van der Waals surface area contributed by atoms with Crippen molar-refractivity contribution in [3.8, 4) is 0 Å². The van der Waals surface area contributed by atoms with E-state index in [1.54, 1.807) is 17.5 Å². The van der Waals surface area contributed by atoms with Crippen LogP contribution >= 0.6 is 11.3 Å². The Bertz CT molecular complexity index is 649. The first-order chi connectivity index (χ1) is 8.65. The van der Waals surface area contributed by atoms with Crippen molar-refractivity contribution in [2.75, 3.05) is 5.32 Å². The number of benzene rings is 1. The van der Waals surface area contributed by atoms with Gasteiger partial charge in [-0.1, -0.05) is 6.07 Å². The van der Waals surface area contributed by atoms with Gasteiger partial charge < -0.3 is 5.32 Å². The van der Waals surface area contributed by atoms with Crippen LogP contribution in [0.15, 0.2) is 29.6 Å². The quantitative estimate of drug-likeness (QED) is 0.845. The van der Waals surface area contributed by atoms with Gasteiger partial charge in [0.1, 0.15) is 5.82 Å². The van der Waals surface area contributed by atoms with E-state index < -0.39 is 5.82 Å². The third-order valence-electron chi connectivity index (χ3n) is 2.81. The van der Waals surface area contributed by atoms with Crippen LogP contribution in [0.5, 0.6) is 0 Å². The van der Waals surface area contributed by atoms with Crippen LogP contribution in [-0.2, 0) is 11.2 Å². The molecule has 0 radical (unpaired) electrons. The summed E-state index contributed by atoms with van der Waals surface area (Å²) in [5.74, 6) is -0.983. The molecule has 3 rings (SSSR count). The average Bonchev–Trinajstić information content (AvgIpc) is 2.96. The van der Waals surface area contributed by atoms with Crippen LogP contribution in [0.25, 0.3) is 0 Å². The molecule has 3 nitrogen and oxygen atoms in total. The Morgan fingerprint density at radius 3 is 2.94 bits per heavy atom. The zero-order valence-corrected chi connectivity index (χ0v) is 10.0. The monoisotopic (exact) mass is 261 g/mol. The van der Waals surface area contributed by atoms with Crippen molar-refractivity contribution < 1.29 is 14.0 Å². The summed E-state index contributed by atoms with van der Waals surface area (Å²) < 4.78 is 13.8. The molecule has 2 aromatic rings. The lowest BCUT2D eigenvalue weighted by molar-refractivity contribution is -0.115. The standard InChI is InChI=1S/C13H8FNO2S/c14-9-4-7(13(17)11-2-1-3-18-11)5-10-8(9)6-12(16)15-10/h1-5H,6H2,(H,15,16). The van der Waals surface area contributed by atoms with Gasteiger partial charge in [0, 0.05) is 16.8 Å². The van der Waals surface area contributed by atoms with Crippen molar-refractivity contribution in [1.29, 1.82) is 0 Å². The van der Waals surface area contributed by atoms with Crippen LogP contribution < -0.4 is 5.32 Å². The third-order valence-corrected chi connectivity index (χ3v) is 3.68. The van der Waals surface area contributed by atoms with Gasteiger partial charge in [0.2, 0.25) is 11.7 Å². The summed E-state index contributed by atoms with van der Waals surface area (Å²) in [6.07, 6.45) is 0.0363. The van der Waals surface area contributed by atoms with Crippen molar-refractivity contribution in [2.45, 2.75) is 6.42 Å². The normalized spacial score (nSPS) is 13.3. The van der Waals surface area contributed by atoms with E-state index in [9.17, 15) is 14.0 Å². The van der Waals surface area contributed by atoms with Gasteiger partial charge in [-0.3, -0.25) is 9.59 Å². The minimum Gasteiger partial charge on any atom is -0.325 e. The summed E-state index contributed by atoms with van der Waals surface area (Å²) in [6, 6.07) is 6.19. The fourth-order valence-electron chi connectivity index (χ4n) is 1.96. The van der Waals surface area contributed by atoms with E-state index in [0.29, 0.717) is 16.1 Å². The van der Waals surface area contributed by atoms with Gasteiger partial charge in [-0.25, -0.2) is 4.39 Å². The predicted molar refractivity (Wildman–Crippen MR) is 66.5 cm³/mol. The number of ketones is 1. The molecular formula is C13H8FNO2S. The van der Waals surface area contributed by atoms with Crippen LogP contribution in [-0.4, -0.2) is 11.7 Å². The molecule has 90 valence electrons. The number of amides is 1. The number of nitrogens with one attached hydrogen (secondary N) is 1. The number of thiophene rings is 1. The summed E-state index contributed by atoms with van der Waals surface area (Å²) in [5.41, 5.74) is 0.999. The van der Waals surface area contributed by atoms with E-state index >= 15 is 0 Å². The van der Waals surface area contributed by atoms with Crippen molar-refractivity contribution in [2.24, 2.45) is 0 Å². The molecule has 0 fully saturated rings. The molecule has 0 spiro atoms. The summed E-state index contributed by atoms with van der Waals surface area (Å²) in [5, 5.41) is 4.34. The fourth-order valence-corrected chi connectivity index (χ4v) is 2.65. The number of carbonyl (C=O) groups is 2. The molecule has 0 unspecified atom stereocenters. The summed E-state index contributed by atoms with van der Waals surface area (Å²) in [7, 11) is 0. The van der Waals surface area contributed by atoms with Gasteiger partial charge in [-0.2, -0.15) is 0 Å². The van der Waals surface area contributed by atoms with Gasteiger partial charge in [0.15, 0.2) is 0 Å². The van der Waals surface area contributed by atoms with Crippen molar-refractivity contribution in [1.82, 2.24) is 0 Å². The van der Waals surface area contributed by atoms with E-state index in [2.05, 4.69) is 5.32 Å². The minimum absolute atomic E-state index is 0.0363. The van der Waals surface area contributed by atoms with E-state index in [4.69, 9.17) is 0 Å². The van der Waals surface area contributed by atoms with Gasteiger partial charge >= 0.3 is 0 Å². The molecule has 1 amide bonds. The highest BCUT2D eigenvalue weighted by Crippen LogP contribution is 2.28. The van der Waals surface area contributed by atoms with Crippen molar-refractivity contribution in [3.05, 3.63) is 51.5 Å². The molecule has 1 aromatic carbocycles. The van der Waals surface area contributed by atoms with Gasteiger partial charge in [-0.15, -0.1) is 11.3 Å². The average molecular weight is 261 g/mol. The maximum atomic E-state index is 13.8. The highest BCUT2D eigenvalue weighted by Gasteiger charge is 2.24. The lowest BCUT2D eigenvalue weighted by Gasteiger charge is -2.04. The number of hydrogen-bond acceptors (Lipinski definition) is 3. The predicted octanol–water partition coefficient (Wildman–Crippen LogP) is 2.61. The zero-order chi connectivity index (χ0) is 12.7. The first kappa shape index (κ1) is 11.1. The van der Waals surface area contributed by atoms with E-state index in [1.807, 2.05) is 0 Å². The molecular weight excluding hydrogens is 253 g/mol. The second-order valence-electron chi connectivity index (χ2n) is 4.02. The Hall–Kier alpha value is -2.01. The van der Waals surface area contributed by atoms with E-state index in [1.165, 1.54) is 23.5 Å². The lowest BCUT2D eigenvalue weighted by atomic mass is 10.0. The molecule has 1 aromatic heterocycles. The molecule has 1 aliphatic rings. The van der Waals surface area contributed by atoms with Crippen LogP contribution in [0.1, 0.15) is 20.8 Å². The molecule has 0 saturated heterocycles. The smallest absolute Gasteiger partial charge is 0.228 e. The Morgan fingerprint density at radius 1 is 1.39 bits per heavy atom. The number of halogens is 1. The second-order valence-corrected chi connectivity index (χ2v) is 4.96. The number of rotatable bonds is 2. The van der Waals surface area contributed by atoms with E-state index in [-0.39, 0.29) is 23.7 Å². The molecule has 18 heavy (non-hydrogen) atoms. The third kappa shape index (κ3) is 1.73. The Balaban J connectivity index is 2.05. The Labute approximate surface area is 106 Å². The molecule has 0 aliphatic carbocycles.